The van der Waals surface area contributed by atoms with E-state index in [0.717, 1.165) is 45.3 Å². The first-order chi connectivity index (χ1) is 34.4. The van der Waals surface area contributed by atoms with Crippen LogP contribution in [0.3, 0.4) is 0 Å². The quantitative estimate of drug-likeness (QED) is 0.0442. The molecule has 0 spiro atoms. The lowest BCUT2D eigenvalue weighted by atomic mass is 10.1. The maximum atomic E-state index is 13.8. The van der Waals surface area contributed by atoms with E-state index in [9.17, 15) is 43.5 Å². The maximum Gasteiger partial charge on any atom is 0.317 e. The van der Waals surface area contributed by atoms with E-state index in [-0.39, 0.29) is 93.9 Å². The number of carbonyl (C=O) groups is 8. The van der Waals surface area contributed by atoms with Gasteiger partial charge in [0.05, 0.1) is 18.3 Å². The minimum Gasteiger partial charge on any atom is -0.480 e. The Morgan fingerprint density at radius 2 is 1.31 bits per heavy atom. The molecule has 21 nitrogen and oxygen atoms in total. The molecule has 1 aromatic rings. The third kappa shape index (κ3) is 23.6. The molecule has 3 aliphatic heterocycles. The molecule has 71 heavy (non-hydrogen) atoms. The van der Waals surface area contributed by atoms with Gasteiger partial charge in [0.1, 0.15) is 13.5 Å². The highest BCUT2D eigenvalue weighted by molar-refractivity contribution is 8.01. The number of rotatable bonds is 31. The van der Waals surface area contributed by atoms with Crippen LogP contribution in [-0.2, 0) is 54.3 Å². The van der Waals surface area contributed by atoms with Crippen molar-refractivity contribution >= 4 is 60.2 Å². The van der Waals surface area contributed by atoms with Gasteiger partial charge in [-0.05, 0) is 64.0 Å². The lowest BCUT2D eigenvalue weighted by molar-refractivity contribution is -0.140. The highest BCUT2D eigenvalue weighted by Crippen LogP contribution is 2.31. The molecular weight excluding hydrogens is 939 g/mol. The number of hydrogen-bond acceptors (Lipinski definition) is 17. The molecule has 3 saturated heterocycles. The number of aliphatic hydroxyl groups excluding tert-OH is 1. The molecular formula is C49H79N9O12S. The first-order valence-corrected chi connectivity index (χ1v) is 26.2. The van der Waals surface area contributed by atoms with Crippen LogP contribution in [0.5, 0.6) is 0 Å². The fraction of sp³-hybridized carbons (Fsp3) is 0.714. The smallest absolute Gasteiger partial charge is 0.317 e. The van der Waals surface area contributed by atoms with Crippen LogP contribution >= 0.6 is 11.8 Å². The van der Waals surface area contributed by atoms with Gasteiger partial charge >= 0.3 is 5.97 Å². The van der Waals surface area contributed by atoms with Crippen LogP contribution in [0.15, 0.2) is 24.3 Å². The molecule has 4 N–H and O–H groups in total. The predicted molar refractivity (Wildman–Crippen MR) is 267 cm³/mol. The molecule has 398 valence electrons. The molecule has 0 aromatic heterocycles. The highest BCUT2D eigenvalue weighted by atomic mass is 32.2. The first-order valence-electron chi connectivity index (χ1n) is 25.3. The SMILES string of the molecule is Cc1ccc(CCCC(=O)NCCCCC(CNC(=O)CN2CCN(COC=O)CCN(COC=O)CCN(CC(=O)O)CC2)SC2CC(=O)N(CCCC(=O)N3CCN(CCCCO)CC3)C2=O)cc1. The molecule has 22 heteroatoms. The Morgan fingerprint density at radius 1 is 0.704 bits per heavy atom. The van der Waals surface area contributed by atoms with Crippen LogP contribution in [0.25, 0.3) is 0 Å². The number of thioether (sulfide) groups is 1. The van der Waals surface area contributed by atoms with Crippen molar-refractivity contribution in [2.45, 2.75) is 88.1 Å². The summed E-state index contributed by atoms with van der Waals surface area (Å²) in [5.74, 6) is -1.87. The molecule has 0 saturated carbocycles. The van der Waals surface area contributed by atoms with Crippen molar-refractivity contribution in [2.24, 2.45) is 0 Å². The van der Waals surface area contributed by atoms with Gasteiger partial charge in [-0.15, -0.1) is 11.8 Å². The zero-order valence-corrected chi connectivity index (χ0v) is 42.6. The highest BCUT2D eigenvalue weighted by Gasteiger charge is 2.40. The summed E-state index contributed by atoms with van der Waals surface area (Å²) in [6, 6.07) is 8.29. The third-order valence-electron chi connectivity index (χ3n) is 13.0. The zero-order valence-electron chi connectivity index (χ0n) is 41.8. The Kier molecular flexibility index (Phi) is 28.1. The van der Waals surface area contributed by atoms with Crippen molar-refractivity contribution in [2.75, 3.05) is 138 Å². The second-order valence-corrected chi connectivity index (χ2v) is 20.1. The number of piperazine rings is 1. The van der Waals surface area contributed by atoms with Crippen LogP contribution in [0, 0.1) is 6.92 Å². The molecule has 0 radical (unpaired) electrons. The number of likely N-dealkylation sites (tertiary alicyclic amines) is 1. The predicted octanol–water partition coefficient (Wildman–Crippen LogP) is 0.214. The van der Waals surface area contributed by atoms with Crippen LogP contribution in [0.2, 0.25) is 0 Å². The number of nitrogens with zero attached hydrogens (tertiary/aromatic N) is 7. The van der Waals surface area contributed by atoms with Gasteiger partial charge in [0, 0.05) is 129 Å². The number of carbonyl (C=O) groups excluding carboxylic acids is 7. The van der Waals surface area contributed by atoms with Crippen molar-refractivity contribution < 1.29 is 58.0 Å². The molecule has 0 aliphatic carbocycles. The van der Waals surface area contributed by atoms with E-state index in [1.807, 2.05) is 26.5 Å². The van der Waals surface area contributed by atoms with E-state index in [1.54, 1.807) is 4.90 Å². The van der Waals surface area contributed by atoms with Gasteiger partial charge in [-0.1, -0.05) is 36.2 Å². The van der Waals surface area contributed by atoms with Crippen molar-refractivity contribution in [1.82, 2.24) is 44.9 Å². The number of carboxylic acid groups (broad SMARTS) is 1. The van der Waals surface area contributed by atoms with Gasteiger partial charge < -0.3 is 35.2 Å². The summed E-state index contributed by atoms with van der Waals surface area (Å²) in [5, 5.41) is 23.9. The number of hydrogen-bond donors (Lipinski definition) is 4. The maximum absolute atomic E-state index is 13.8. The lowest BCUT2D eigenvalue weighted by Gasteiger charge is -2.34. The van der Waals surface area contributed by atoms with Gasteiger partial charge in [0.15, 0.2) is 0 Å². The van der Waals surface area contributed by atoms with Gasteiger partial charge in [0.2, 0.25) is 29.5 Å². The van der Waals surface area contributed by atoms with Crippen molar-refractivity contribution in [3.63, 3.8) is 0 Å². The molecule has 1 aromatic carbocycles. The topological polar surface area (TPSA) is 242 Å². The van der Waals surface area contributed by atoms with E-state index < -0.39 is 11.2 Å². The number of unbranched alkanes of at least 4 members (excludes halogenated alkanes) is 2. The first kappa shape index (κ1) is 58.9. The summed E-state index contributed by atoms with van der Waals surface area (Å²) in [6.45, 7) is 10.4. The molecule has 3 aliphatic rings. The normalized spacial score (nSPS) is 18.9. The second-order valence-electron chi connectivity index (χ2n) is 18.5. The van der Waals surface area contributed by atoms with E-state index in [4.69, 9.17) is 14.6 Å². The number of aliphatic carboxylic acids is 1. The standard InChI is InChI=1S/C49H79N9O12S/c1-40-12-14-41(15-13-40)8-6-10-44(62)50-16-3-2-9-42(71-43-32-47(65)58(49(43)68)18-7-11-46(64)57-29-27-52(28-30-57)17-4-5-31-59)33-51-45(63)34-53-19-20-54(35-48(66)67)22-24-56(37-70-39-61)26-25-55(23-21-53)36-69-38-60/h12-15,38-39,42-43,59H,2-11,16-37H2,1H3,(H,50,62)(H,51,63)(H,66,67). The third-order valence-corrected chi connectivity index (χ3v) is 14.5. The number of ether oxygens (including phenoxy) is 2. The van der Waals surface area contributed by atoms with Crippen LogP contribution in [0.1, 0.15) is 75.3 Å². The molecule has 2 atom stereocenters. The summed E-state index contributed by atoms with van der Waals surface area (Å²) in [6.07, 6.45) is 6.22. The molecule has 0 bridgehead atoms. The molecule has 5 amide bonds. The van der Waals surface area contributed by atoms with E-state index >= 15 is 0 Å². The summed E-state index contributed by atoms with van der Waals surface area (Å²) < 4.78 is 10.1. The number of imide groups is 1. The number of aryl methyl sites for hydroxylation is 2. The van der Waals surface area contributed by atoms with Gasteiger partial charge in [-0.2, -0.15) is 0 Å². The monoisotopic (exact) mass is 1020 g/mol. The van der Waals surface area contributed by atoms with Gasteiger partial charge in [-0.3, -0.25) is 67.8 Å². The molecule has 4 rings (SSSR count). The summed E-state index contributed by atoms with van der Waals surface area (Å²) in [4.78, 5) is 113. The van der Waals surface area contributed by atoms with Crippen molar-refractivity contribution in [1.29, 1.82) is 0 Å². The minimum absolute atomic E-state index is 0.00289. The van der Waals surface area contributed by atoms with Crippen LogP contribution in [0.4, 0.5) is 0 Å². The lowest BCUT2D eigenvalue weighted by Crippen LogP contribution is -2.49. The Hall–Kier alpha value is -4.71. The number of carboxylic acids is 1. The fourth-order valence-corrected chi connectivity index (χ4v) is 10.2. The zero-order chi connectivity index (χ0) is 51.2. The van der Waals surface area contributed by atoms with Gasteiger partial charge in [-0.25, -0.2) is 0 Å². The largest absolute Gasteiger partial charge is 0.480 e. The van der Waals surface area contributed by atoms with Crippen LogP contribution in [-0.4, -0.2) is 241 Å². The summed E-state index contributed by atoms with van der Waals surface area (Å²) in [7, 11) is 0. The van der Waals surface area contributed by atoms with E-state index in [2.05, 4.69) is 39.8 Å². The number of aliphatic hydroxyl groups is 1. The fourth-order valence-electron chi connectivity index (χ4n) is 8.78. The van der Waals surface area contributed by atoms with E-state index in [0.29, 0.717) is 117 Å². The Bertz CT molecular complexity index is 1810. The van der Waals surface area contributed by atoms with E-state index in [1.165, 1.54) is 27.8 Å². The molecule has 2 unspecified atom stereocenters. The van der Waals surface area contributed by atoms with Crippen molar-refractivity contribution in [3.8, 4) is 0 Å². The second kappa shape index (κ2) is 33.8. The number of benzene rings is 1. The Balaban J connectivity index is 1.33. The summed E-state index contributed by atoms with van der Waals surface area (Å²) >= 11 is 1.37. The molecule has 3 heterocycles. The Morgan fingerprint density at radius 3 is 1.92 bits per heavy atom. The number of nitrogens with one attached hydrogen (secondary N) is 2. The van der Waals surface area contributed by atoms with Crippen molar-refractivity contribution in [3.05, 3.63) is 35.4 Å². The average molecular weight is 1020 g/mol. The summed E-state index contributed by atoms with van der Waals surface area (Å²) in [5.41, 5.74) is 2.38. The average Bonchev–Trinajstić information content (AvgIpc) is 3.61. The number of amides is 5. The van der Waals surface area contributed by atoms with Crippen LogP contribution < -0.4 is 10.6 Å². The minimum atomic E-state index is -0.998. The molecule has 3 fully saturated rings. The Labute approximate surface area is 423 Å². The van der Waals surface area contributed by atoms with Gasteiger partial charge in [0.25, 0.3) is 12.9 Å².